The lowest BCUT2D eigenvalue weighted by Gasteiger charge is -2.16. The standard InChI is InChI=1S/C17H22O6/c1-9(18)6-11(19)4-5-12-14(22-3)8-15-16(17(12)21)13(20)7-10(2)23-15/h7-9,11,18-19,21H,4-6H2,1-3H3. The highest BCUT2D eigenvalue weighted by Crippen LogP contribution is 2.36. The Morgan fingerprint density at radius 3 is 2.61 bits per heavy atom. The third-order valence-electron chi connectivity index (χ3n) is 3.74. The zero-order chi connectivity index (χ0) is 17.1. The maximum atomic E-state index is 12.1. The van der Waals surface area contributed by atoms with Crippen LogP contribution in [0.15, 0.2) is 21.3 Å². The predicted molar refractivity (Wildman–Crippen MR) is 86.1 cm³/mol. The highest BCUT2D eigenvalue weighted by atomic mass is 16.5. The molecule has 0 saturated carbocycles. The van der Waals surface area contributed by atoms with Gasteiger partial charge in [-0.2, -0.15) is 0 Å². The molecular formula is C17H22O6. The van der Waals surface area contributed by atoms with Crippen molar-refractivity contribution in [3.8, 4) is 11.5 Å². The van der Waals surface area contributed by atoms with E-state index in [4.69, 9.17) is 9.15 Å². The van der Waals surface area contributed by atoms with E-state index in [2.05, 4.69) is 0 Å². The minimum atomic E-state index is -0.704. The number of benzene rings is 1. The molecule has 0 bridgehead atoms. The van der Waals surface area contributed by atoms with Gasteiger partial charge in [-0.05, 0) is 33.1 Å². The summed E-state index contributed by atoms with van der Waals surface area (Å²) >= 11 is 0. The summed E-state index contributed by atoms with van der Waals surface area (Å²) in [4.78, 5) is 12.1. The third-order valence-corrected chi connectivity index (χ3v) is 3.74. The highest BCUT2D eigenvalue weighted by Gasteiger charge is 2.19. The molecule has 0 fully saturated rings. The number of fused-ring (bicyclic) bond motifs is 1. The summed E-state index contributed by atoms with van der Waals surface area (Å²) in [6.45, 7) is 3.26. The number of phenols is 1. The van der Waals surface area contributed by atoms with Crippen molar-refractivity contribution in [2.75, 3.05) is 7.11 Å². The van der Waals surface area contributed by atoms with E-state index in [0.717, 1.165) is 0 Å². The van der Waals surface area contributed by atoms with Gasteiger partial charge in [-0.15, -0.1) is 0 Å². The Morgan fingerprint density at radius 2 is 2.00 bits per heavy atom. The number of methoxy groups -OCH3 is 1. The van der Waals surface area contributed by atoms with Crippen molar-refractivity contribution >= 4 is 11.0 Å². The zero-order valence-electron chi connectivity index (χ0n) is 13.5. The smallest absolute Gasteiger partial charge is 0.196 e. The average Bonchev–Trinajstić information content (AvgIpc) is 2.44. The predicted octanol–water partition coefficient (Wildman–Crippen LogP) is 1.88. The Morgan fingerprint density at radius 1 is 1.30 bits per heavy atom. The first kappa shape index (κ1) is 17.3. The molecule has 1 aromatic carbocycles. The first-order valence-electron chi connectivity index (χ1n) is 7.53. The summed E-state index contributed by atoms with van der Waals surface area (Å²) in [6, 6.07) is 2.89. The molecule has 6 nitrogen and oxygen atoms in total. The molecule has 0 aliphatic heterocycles. The normalized spacial score (nSPS) is 14.0. The number of ether oxygens (including phenoxy) is 1. The first-order chi connectivity index (χ1) is 10.8. The lowest BCUT2D eigenvalue weighted by molar-refractivity contribution is 0.0852. The van der Waals surface area contributed by atoms with Crippen LogP contribution in [-0.4, -0.2) is 34.6 Å². The molecule has 1 heterocycles. The lowest BCUT2D eigenvalue weighted by atomic mass is 9.99. The van der Waals surface area contributed by atoms with Crippen LogP contribution in [0, 0.1) is 6.92 Å². The van der Waals surface area contributed by atoms with Gasteiger partial charge in [0, 0.05) is 17.7 Å². The molecule has 0 radical (unpaired) electrons. The number of rotatable bonds is 6. The van der Waals surface area contributed by atoms with E-state index in [-0.39, 0.29) is 28.6 Å². The van der Waals surface area contributed by atoms with Gasteiger partial charge in [0.05, 0.1) is 19.3 Å². The second-order valence-electron chi connectivity index (χ2n) is 5.78. The number of aryl methyl sites for hydroxylation is 1. The summed E-state index contributed by atoms with van der Waals surface area (Å²) < 4.78 is 10.8. The first-order valence-corrected chi connectivity index (χ1v) is 7.53. The van der Waals surface area contributed by atoms with Gasteiger partial charge in [0.15, 0.2) is 5.43 Å². The van der Waals surface area contributed by atoms with Crippen LogP contribution in [0.1, 0.15) is 31.1 Å². The lowest BCUT2D eigenvalue weighted by Crippen LogP contribution is -2.16. The van der Waals surface area contributed by atoms with Crippen molar-refractivity contribution in [1.29, 1.82) is 0 Å². The van der Waals surface area contributed by atoms with E-state index in [1.54, 1.807) is 19.9 Å². The zero-order valence-corrected chi connectivity index (χ0v) is 13.5. The van der Waals surface area contributed by atoms with Crippen molar-refractivity contribution in [3.63, 3.8) is 0 Å². The van der Waals surface area contributed by atoms with E-state index in [1.807, 2.05) is 0 Å². The maximum Gasteiger partial charge on any atom is 0.196 e. The van der Waals surface area contributed by atoms with Gasteiger partial charge >= 0.3 is 0 Å². The molecule has 2 aromatic rings. The van der Waals surface area contributed by atoms with Crippen molar-refractivity contribution in [3.05, 3.63) is 33.7 Å². The molecule has 0 aliphatic carbocycles. The largest absolute Gasteiger partial charge is 0.507 e. The summed E-state index contributed by atoms with van der Waals surface area (Å²) in [5.74, 6) is 0.661. The summed E-state index contributed by atoms with van der Waals surface area (Å²) in [5.41, 5.74) is 0.383. The van der Waals surface area contributed by atoms with Crippen LogP contribution in [0.2, 0.25) is 0 Å². The fourth-order valence-corrected chi connectivity index (χ4v) is 2.69. The molecule has 2 atom stereocenters. The van der Waals surface area contributed by atoms with Gasteiger partial charge in [-0.1, -0.05) is 0 Å². The van der Waals surface area contributed by atoms with Crippen LogP contribution in [0.25, 0.3) is 11.0 Å². The van der Waals surface area contributed by atoms with Crippen LogP contribution in [0.4, 0.5) is 0 Å². The molecule has 2 unspecified atom stereocenters. The van der Waals surface area contributed by atoms with Crippen LogP contribution in [0.5, 0.6) is 11.5 Å². The summed E-state index contributed by atoms with van der Waals surface area (Å²) in [5, 5.41) is 29.7. The molecule has 0 saturated heterocycles. The fraction of sp³-hybridized carbons (Fsp3) is 0.471. The van der Waals surface area contributed by atoms with Crippen molar-refractivity contribution < 1.29 is 24.5 Å². The monoisotopic (exact) mass is 322 g/mol. The van der Waals surface area contributed by atoms with E-state index in [0.29, 0.717) is 29.9 Å². The fourth-order valence-electron chi connectivity index (χ4n) is 2.69. The van der Waals surface area contributed by atoms with Gasteiger partial charge in [0.25, 0.3) is 0 Å². The second kappa shape index (κ2) is 7.02. The third kappa shape index (κ3) is 3.83. The van der Waals surface area contributed by atoms with E-state index >= 15 is 0 Å². The van der Waals surface area contributed by atoms with Crippen molar-refractivity contribution in [1.82, 2.24) is 0 Å². The Labute approximate surface area is 133 Å². The molecule has 0 spiro atoms. The quantitative estimate of drug-likeness (QED) is 0.751. The van der Waals surface area contributed by atoms with Crippen LogP contribution in [-0.2, 0) is 6.42 Å². The molecule has 0 aliphatic rings. The van der Waals surface area contributed by atoms with Crippen LogP contribution >= 0.6 is 0 Å². The molecule has 3 N–H and O–H groups in total. The van der Waals surface area contributed by atoms with E-state index in [1.165, 1.54) is 13.2 Å². The summed E-state index contributed by atoms with van der Waals surface area (Å²) in [6.07, 6.45) is -0.418. The molecule has 126 valence electrons. The van der Waals surface area contributed by atoms with Crippen LogP contribution < -0.4 is 10.2 Å². The number of hydrogen-bond donors (Lipinski definition) is 3. The number of hydrogen-bond acceptors (Lipinski definition) is 6. The molecule has 23 heavy (non-hydrogen) atoms. The maximum absolute atomic E-state index is 12.1. The van der Waals surface area contributed by atoms with Gasteiger partial charge < -0.3 is 24.5 Å². The molecule has 6 heteroatoms. The number of aromatic hydroxyl groups is 1. The van der Waals surface area contributed by atoms with Gasteiger partial charge in [-0.25, -0.2) is 0 Å². The summed E-state index contributed by atoms with van der Waals surface area (Å²) in [7, 11) is 1.46. The average molecular weight is 322 g/mol. The van der Waals surface area contributed by atoms with E-state index in [9.17, 15) is 20.1 Å². The SMILES string of the molecule is COc1cc2oc(C)cc(=O)c2c(O)c1CCC(O)CC(C)O. The Bertz CT molecular complexity index is 747. The Balaban J connectivity index is 2.42. The molecule has 0 amide bonds. The van der Waals surface area contributed by atoms with Crippen molar-refractivity contribution in [2.45, 2.75) is 45.3 Å². The van der Waals surface area contributed by atoms with Crippen LogP contribution in [0.3, 0.4) is 0 Å². The van der Waals surface area contributed by atoms with Gasteiger partial charge in [-0.3, -0.25) is 4.79 Å². The molecular weight excluding hydrogens is 300 g/mol. The van der Waals surface area contributed by atoms with E-state index < -0.39 is 12.2 Å². The van der Waals surface area contributed by atoms with Crippen molar-refractivity contribution in [2.24, 2.45) is 0 Å². The second-order valence-corrected chi connectivity index (χ2v) is 5.78. The molecule has 1 aromatic heterocycles. The number of aliphatic hydroxyl groups excluding tert-OH is 2. The minimum absolute atomic E-state index is 0.108. The molecule has 2 rings (SSSR count). The topological polar surface area (TPSA) is 100 Å². The Hall–Kier alpha value is -2.05. The number of phenolic OH excluding ortho intramolecular Hbond substituents is 1. The Kier molecular flexibility index (Phi) is 5.28. The highest BCUT2D eigenvalue weighted by molar-refractivity contribution is 5.86. The van der Waals surface area contributed by atoms with Gasteiger partial charge in [0.1, 0.15) is 28.2 Å². The van der Waals surface area contributed by atoms with Gasteiger partial charge in [0.2, 0.25) is 0 Å². The number of aliphatic hydroxyl groups is 2. The minimum Gasteiger partial charge on any atom is -0.507 e.